The van der Waals surface area contributed by atoms with E-state index in [-0.39, 0.29) is 5.41 Å². The van der Waals surface area contributed by atoms with Gasteiger partial charge in [-0.05, 0) is 48.8 Å². The van der Waals surface area contributed by atoms with E-state index in [0.29, 0.717) is 5.69 Å². The van der Waals surface area contributed by atoms with Gasteiger partial charge in [-0.3, -0.25) is 4.79 Å². The Morgan fingerprint density at radius 2 is 1.55 bits per heavy atom. The van der Waals surface area contributed by atoms with E-state index < -0.39 is 11.4 Å². The normalized spacial score (nSPS) is 23.8. The molecule has 0 heterocycles. The van der Waals surface area contributed by atoms with E-state index >= 15 is 0 Å². The molecule has 1 aromatic rings. The number of nitrogens with two attached hydrogens (primary N) is 1. The molecule has 3 nitrogen and oxygen atoms in total. The fourth-order valence-corrected chi connectivity index (χ4v) is 4.34. The molecule has 20 heavy (non-hydrogen) atoms. The standard InChI is InChI=1S/C17H23NO2/c18-14-7-5-13(6-8-14)17(15(19)20)11-16(12-17)9-3-1-2-4-10-16/h5-8H,1-4,9-12,18H2,(H,19,20). The monoisotopic (exact) mass is 273 g/mol. The van der Waals surface area contributed by atoms with Crippen molar-refractivity contribution >= 4 is 11.7 Å². The second kappa shape index (κ2) is 4.80. The number of nitrogen functional groups attached to an aromatic ring is 1. The maximum atomic E-state index is 11.9. The maximum absolute atomic E-state index is 11.9. The van der Waals surface area contributed by atoms with Gasteiger partial charge < -0.3 is 10.8 Å². The highest BCUT2D eigenvalue weighted by molar-refractivity contribution is 5.83. The van der Waals surface area contributed by atoms with Crippen molar-refractivity contribution in [1.82, 2.24) is 0 Å². The summed E-state index contributed by atoms with van der Waals surface area (Å²) in [6.07, 6.45) is 9.16. The quantitative estimate of drug-likeness (QED) is 0.807. The van der Waals surface area contributed by atoms with Crippen LogP contribution < -0.4 is 5.73 Å². The first kappa shape index (κ1) is 13.5. The predicted octanol–water partition coefficient (Wildman–Crippen LogP) is 3.73. The Bertz CT molecular complexity index is 490. The van der Waals surface area contributed by atoms with Gasteiger partial charge in [-0.1, -0.05) is 37.8 Å². The Morgan fingerprint density at radius 1 is 1.00 bits per heavy atom. The van der Waals surface area contributed by atoms with Crippen molar-refractivity contribution in [2.75, 3.05) is 5.73 Å². The molecule has 0 atom stereocenters. The fourth-order valence-electron chi connectivity index (χ4n) is 4.34. The highest BCUT2D eigenvalue weighted by Gasteiger charge is 2.59. The van der Waals surface area contributed by atoms with Gasteiger partial charge in [-0.15, -0.1) is 0 Å². The highest BCUT2D eigenvalue weighted by Crippen LogP contribution is 2.61. The predicted molar refractivity (Wildman–Crippen MR) is 79.5 cm³/mol. The molecule has 2 aliphatic carbocycles. The van der Waals surface area contributed by atoms with E-state index in [1.165, 1.54) is 38.5 Å². The van der Waals surface area contributed by atoms with Crippen molar-refractivity contribution in [3.8, 4) is 0 Å². The number of hydrogen-bond acceptors (Lipinski definition) is 2. The Labute approximate surface area is 120 Å². The third-order valence-corrected chi connectivity index (χ3v) is 5.39. The summed E-state index contributed by atoms with van der Waals surface area (Å²) in [5.41, 5.74) is 6.95. The SMILES string of the molecule is Nc1ccc(C2(C(=O)O)CC3(CCCCCC3)C2)cc1. The van der Waals surface area contributed by atoms with Crippen molar-refractivity contribution in [2.45, 2.75) is 56.8 Å². The van der Waals surface area contributed by atoms with E-state index in [9.17, 15) is 9.90 Å². The fraction of sp³-hybridized carbons (Fsp3) is 0.588. The van der Waals surface area contributed by atoms with Crippen molar-refractivity contribution < 1.29 is 9.90 Å². The van der Waals surface area contributed by atoms with Crippen LogP contribution in [0.4, 0.5) is 5.69 Å². The average molecular weight is 273 g/mol. The number of aliphatic carboxylic acids is 1. The molecular weight excluding hydrogens is 250 g/mol. The Balaban J connectivity index is 1.85. The van der Waals surface area contributed by atoms with Gasteiger partial charge >= 0.3 is 5.97 Å². The first-order valence-corrected chi connectivity index (χ1v) is 7.66. The van der Waals surface area contributed by atoms with Crippen LogP contribution in [0.1, 0.15) is 56.9 Å². The lowest BCUT2D eigenvalue weighted by Crippen LogP contribution is -2.54. The number of carbonyl (C=O) groups is 1. The minimum Gasteiger partial charge on any atom is -0.481 e. The summed E-state index contributed by atoms with van der Waals surface area (Å²) < 4.78 is 0. The largest absolute Gasteiger partial charge is 0.481 e. The van der Waals surface area contributed by atoms with Crippen molar-refractivity contribution in [1.29, 1.82) is 0 Å². The minimum absolute atomic E-state index is 0.288. The molecular formula is C17H23NO2. The van der Waals surface area contributed by atoms with E-state index in [1.54, 1.807) is 0 Å². The number of carboxylic acids is 1. The lowest BCUT2D eigenvalue weighted by molar-refractivity contribution is -0.155. The molecule has 1 aromatic carbocycles. The molecule has 0 bridgehead atoms. The van der Waals surface area contributed by atoms with E-state index in [2.05, 4.69) is 0 Å². The number of benzene rings is 1. The second-order valence-electron chi connectivity index (χ2n) is 6.78. The lowest BCUT2D eigenvalue weighted by atomic mass is 9.48. The van der Waals surface area contributed by atoms with Gasteiger partial charge in [0.15, 0.2) is 0 Å². The van der Waals surface area contributed by atoms with Crippen LogP contribution in [-0.4, -0.2) is 11.1 Å². The Kier molecular flexibility index (Phi) is 3.23. The molecule has 0 unspecified atom stereocenters. The average Bonchev–Trinajstić information content (AvgIpc) is 2.63. The van der Waals surface area contributed by atoms with Crippen LogP contribution in [0.25, 0.3) is 0 Å². The molecule has 0 aromatic heterocycles. The summed E-state index contributed by atoms with van der Waals surface area (Å²) in [7, 11) is 0. The topological polar surface area (TPSA) is 63.3 Å². The molecule has 3 heteroatoms. The van der Waals surface area contributed by atoms with Gasteiger partial charge in [-0.2, -0.15) is 0 Å². The van der Waals surface area contributed by atoms with E-state index in [0.717, 1.165) is 18.4 Å². The van der Waals surface area contributed by atoms with Crippen LogP contribution in [-0.2, 0) is 10.2 Å². The zero-order chi connectivity index (χ0) is 14.2. The molecule has 3 N–H and O–H groups in total. The summed E-state index contributed by atoms with van der Waals surface area (Å²) in [4.78, 5) is 11.9. The summed E-state index contributed by atoms with van der Waals surface area (Å²) in [6, 6.07) is 7.43. The van der Waals surface area contributed by atoms with Gasteiger partial charge in [-0.25, -0.2) is 0 Å². The van der Waals surface area contributed by atoms with Crippen LogP contribution >= 0.6 is 0 Å². The summed E-state index contributed by atoms with van der Waals surface area (Å²) in [5.74, 6) is -0.669. The summed E-state index contributed by atoms with van der Waals surface area (Å²) >= 11 is 0. The van der Waals surface area contributed by atoms with Gasteiger partial charge in [0.25, 0.3) is 0 Å². The van der Waals surface area contributed by atoms with Crippen LogP contribution in [0.5, 0.6) is 0 Å². The first-order valence-electron chi connectivity index (χ1n) is 7.66. The Hall–Kier alpha value is -1.51. The zero-order valence-electron chi connectivity index (χ0n) is 11.9. The molecule has 2 fully saturated rings. The molecule has 0 aliphatic heterocycles. The van der Waals surface area contributed by atoms with Crippen LogP contribution in [0, 0.1) is 5.41 Å². The third kappa shape index (κ3) is 2.09. The zero-order valence-corrected chi connectivity index (χ0v) is 11.9. The Morgan fingerprint density at radius 3 is 2.05 bits per heavy atom. The van der Waals surface area contributed by atoms with Crippen LogP contribution in [0.3, 0.4) is 0 Å². The lowest BCUT2D eigenvalue weighted by Gasteiger charge is -2.54. The van der Waals surface area contributed by atoms with Gasteiger partial charge in [0.05, 0.1) is 5.41 Å². The van der Waals surface area contributed by atoms with Gasteiger partial charge in [0.1, 0.15) is 0 Å². The second-order valence-corrected chi connectivity index (χ2v) is 6.78. The van der Waals surface area contributed by atoms with Crippen LogP contribution in [0.15, 0.2) is 24.3 Å². The molecule has 0 amide bonds. The third-order valence-electron chi connectivity index (χ3n) is 5.39. The van der Waals surface area contributed by atoms with Gasteiger partial charge in [0, 0.05) is 5.69 Å². The molecule has 2 aliphatic rings. The molecule has 0 radical (unpaired) electrons. The minimum atomic E-state index is -0.669. The van der Waals surface area contributed by atoms with Crippen molar-refractivity contribution in [3.05, 3.63) is 29.8 Å². The van der Waals surface area contributed by atoms with Crippen LogP contribution in [0.2, 0.25) is 0 Å². The molecule has 2 saturated carbocycles. The molecule has 1 spiro atoms. The first-order chi connectivity index (χ1) is 9.56. The highest BCUT2D eigenvalue weighted by atomic mass is 16.4. The van der Waals surface area contributed by atoms with Crippen molar-refractivity contribution in [3.63, 3.8) is 0 Å². The summed E-state index contributed by atoms with van der Waals surface area (Å²) in [6.45, 7) is 0. The van der Waals surface area contributed by atoms with Gasteiger partial charge in [0.2, 0.25) is 0 Å². The number of carboxylic acid groups (broad SMARTS) is 1. The summed E-state index contributed by atoms with van der Waals surface area (Å²) in [5, 5.41) is 9.76. The van der Waals surface area contributed by atoms with E-state index in [4.69, 9.17) is 5.73 Å². The number of rotatable bonds is 2. The van der Waals surface area contributed by atoms with Crippen molar-refractivity contribution in [2.24, 2.45) is 5.41 Å². The maximum Gasteiger partial charge on any atom is 0.314 e. The molecule has 0 saturated heterocycles. The van der Waals surface area contributed by atoms with E-state index in [1.807, 2.05) is 24.3 Å². The molecule has 108 valence electrons. The molecule has 3 rings (SSSR count). The number of anilines is 1. The smallest absolute Gasteiger partial charge is 0.314 e. The number of hydrogen-bond donors (Lipinski definition) is 2.